The van der Waals surface area contributed by atoms with E-state index in [2.05, 4.69) is 9.97 Å². The fraction of sp³-hybridized carbons (Fsp3) is 0. The molecule has 21 heavy (non-hydrogen) atoms. The molecular formula is C14H8N2O4S. The van der Waals surface area contributed by atoms with Gasteiger partial charge in [-0.05, 0) is 23.6 Å². The maximum Gasteiger partial charge on any atom is 0.336 e. The van der Waals surface area contributed by atoms with Gasteiger partial charge < -0.3 is 10.2 Å². The van der Waals surface area contributed by atoms with Crippen molar-refractivity contribution in [1.82, 2.24) is 9.97 Å². The number of fused-ring (bicyclic) bond motifs is 1. The molecule has 104 valence electrons. The van der Waals surface area contributed by atoms with Crippen molar-refractivity contribution in [2.75, 3.05) is 0 Å². The quantitative estimate of drug-likeness (QED) is 0.771. The van der Waals surface area contributed by atoms with Gasteiger partial charge in [0.1, 0.15) is 0 Å². The molecule has 0 saturated heterocycles. The van der Waals surface area contributed by atoms with Gasteiger partial charge in [-0.3, -0.25) is 4.98 Å². The Hall–Kier alpha value is -2.80. The Morgan fingerprint density at radius 2 is 1.71 bits per heavy atom. The molecule has 0 bridgehead atoms. The molecule has 3 aromatic rings. The van der Waals surface area contributed by atoms with Gasteiger partial charge in [0.05, 0.1) is 38.9 Å². The minimum Gasteiger partial charge on any atom is -0.478 e. The number of thiophene rings is 1. The molecule has 1 aromatic carbocycles. The van der Waals surface area contributed by atoms with E-state index in [1.54, 1.807) is 6.20 Å². The Balaban J connectivity index is 2.24. The van der Waals surface area contributed by atoms with Gasteiger partial charge in [0.15, 0.2) is 0 Å². The molecule has 0 atom stereocenters. The van der Waals surface area contributed by atoms with Crippen LogP contribution in [0.4, 0.5) is 0 Å². The summed E-state index contributed by atoms with van der Waals surface area (Å²) in [6.45, 7) is 0. The van der Waals surface area contributed by atoms with Gasteiger partial charge in [-0.1, -0.05) is 6.07 Å². The molecule has 0 aliphatic heterocycles. The lowest BCUT2D eigenvalue weighted by Gasteiger charge is -2.05. The van der Waals surface area contributed by atoms with Gasteiger partial charge >= 0.3 is 11.9 Å². The number of aromatic nitrogens is 2. The van der Waals surface area contributed by atoms with Crippen LogP contribution in [0, 0.1) is 0 Å². The van der Waals surface area contributed by atoms with Gasteiger partial charge in [0, 0.05) is 0 Å². The van der Waals surface area contributed by atoms with E-state index >= 15 is 0 Å². The number of carboxylic acid groups (broad SMARTS) is 2. The summed E-state index contributed by atoms with van der Waals surface area (Å²) in [6, 6.07) is 6.23. The standard InChI is InChI=1S/C14H8N2O4S/c17-13(18)7-4-9-10(5-8(7)14(19)20)16-11(6-15-9)12-2-1-3-21-12/h1-6H,(H,17,18)(H,19,20). The first-order valence-electron chi connectivity index (χ1n) is 5.87. The fourth-order valence-corrected chi connectivity index (χ4v) is 2.64. The summed E-state index contributed by atoms with van der Waals surface area (Å²) < 4.78 is 0. The Morgan fingerprint density at radius 1 is 1.05 bits per heavy atom. The van der Waals surface area contributed by atoms with Crippen molar-refractivity contribution in [2.24, 2.45) is 0 Å². The number of hydrogen-bond donors (Lipinski definition) is 2. The van der Waals surface area contributed by atoms with Crippen LogP contribution in [0.15, 0.2) is 35.8 Å². The maximum absolute atomic E-state index is 11.2. The summed E-state index contributed by atoms with van der Waals surface area (Å²) in [5.74, 6) is -2.61. The zero-order valence-electron chi connectivity index (χ0n) is 10.5. The Kier molecular flexibility index (Phi) is 3.11. The molecule has 2 N–H and O–H groups in total. The number of aromatic carboxylic acids is 2. The summed E-state index contributed by atoms with van der Waals surface area (Å²) in [6.07, 6.45) is 1.54. The first-order valence-corrected chi connectivity index (χ1v) is 6.75. The van der Waals surface area contributed by atoms with Crippen molar-refractivity contribution in [3.8, 4) is 10.6 Å². The van der Waals surface area contributed by atoms with Gasteiger partial charge in [-0.25, -0.2) is 14.6 Å². The van der Waals surface area contributed by atoms with Crippen LogP contribution in [-0.2, 0) is 0 Å². The van der Waals surface area contributed by atoms with Crippen molar-refractivity contribution in [3.05, 3.63) is 47.0 Å². The Labute approximate surface area is 122 Å². The number of carbonyl (C=O) groups is 2. The van der Waals surface area contributed by atoms with Crippen LogP contribution < -0.4 is 0 Å². The summed E-state index contributed by atoms with van der Waals surface area (Å²) >= 11 is 1.49. The Bertz CT molecular complexity index is 859. The SMILES string of the molecule is O=C(O)c1cc2ncc(-c3cccs3)nc2cc1C(=O)O. The van der Waals surface area contributed by atoms with Crippen LogP contribution in [0.5, 0.6) is 0 Å². The number of rotatable bonds is 3. The normalized spacial score (nSPS) is 10.7. The highest BCUT2D eigenvalue weighted by Gasteiger charge is 2.18. The van der Waals surface area contributed by atoms with E-state index in [4.69, 9.17) is 10.2 Å². The van der Waals surface area contributed by atoms with E-state index in [1.807, 2.05) is 17.5 Å². The highest BCUT2D eigenvalue weighted by Crippen LogP contribution is 2.25. The van der Waals surface area contributed by atoms with Gasteiger partial charge in [0.2, 0.25) is 0 Å². The van der Waals surface area contributed by atoms with E-state index in [1.165, 1.54) is 23.5 Å². The van der Waals surface area contributed by atoms with Crippen LogP contribution in [-0.4, -0.2) is 32.1 Å². The van der Waals surface area contributed by atoms with Crippen LogP contribution in [0.25, 0.3) is 21.6 Å². The van der Waals surface area contributed by atoms with Crippen LogP contribution in [0.1, 0.15) is 20.7 Å². The molecule has 0 amide bonds. The minimum absolute atomic E-state index is 0.298. The van der Waals surface area contributed by atoms with Crippen LogP contribution >= 0.6 is 11.3 Å². The average Bonchev–Trinajstić information content (AvgIpc) is 2.99. The highest BCUT2D eigenvalue weighted by molar-refractivity contribution is 7.13. The lowest BCUT2D eigenvalue weighted by Crippen LogP contribution is -2.08. The third-order valence-corrected chi connectivity index (χ3v) is 3.81. The molecule has 2 aromatic heterocycles. The lowest BCUT2D eigenvalue weighted by atomic mass is 10.1. The van der Waals surface area contributed by atoms with Crippen molar-refractivity contribution in [3.63, 3.8) is 0 Å². The molecule has 0 fully saturated rings. The molecule has 6 nitrogen and oxygen atoms in total. The molecule has 7 heteroatoms. The molecule has 3 rings (SSSR count). The molecule has 0 aliphatic carbocycles. The van der Waals surface area contributed by atoms with Crippen LogP contribution in [0.2, 0.25) is 0 Å². The van der Waals surface area contributed by atoms with Crippen molar-refractivity contribution >= 4 is 34.3 Å². The molecule has 0 aliphatic rings. The second-order valence-corrected chi connectivity index (χ2v) is 5.18. The second-order valence-electron chi connectivity index (χ2n) is 4.23. The zero-order chi connectivity index (χ0) is 15.0. The predicted octanol–water partition coefficient (Wildman–Crippen LogP) is 2.75. The fourth-order valence-electron chi connectivity index (χ4n) is 1.96. The monoisotopic (exact) mass is 300 g/mol. The topological polar surface area (TPSA) is 100 Å². The summed E-state index contributed by atoms with van der Waals surface area (Å²) in [5, 5.41) is 20.1. The van der Waals surface area contributed by atoms with E-state index in [-0.39, 0.29) is 11.1 Å². The number of nitrogens with zero attached hydrogens (tertiary/aromatic N) is 2. The smallest absolute Gasteiger partial charge is 0.336 e. The maximum atomic E-state index is 11.2. The molecule has 0 spiro atoms. The van der Waals surface area contributed by atoms with Crippen LogP contribution in [0.3, 0.4) is 0 Å². The van der Waals surface area contributed by atoms with Gasteiger partial charge in [-0.2, -0.15) is 0 Å². The summed E-state index contributed by atoms with van der Waals surface area (Å²) in [4.78, 5) is 31.7. The molecule has 0 unspecified atom stereocenters. The predicted molar refractivity (Wildman–Crippen MR) is 76.8 cm³/mol. The summed E-state index contributed by atoms with van der Waals surface area (Å²) in [7, 11) is 0. The van der Waals surface area contributed by atoms with Gasteiger partial charge in [0.25, 0.3) is 0 Å². The molecule has 0 radical (unpaired) electrons. The number of hydrogen-bond acceptors (Lipinski definition) is 5. The number of benzene rings is 1. The van der Waals surface area contributed by atoms with E-state index in [0.717, 1.165) is 4.88 Å². The van der Waals surface area contributed by atoms with E-state index < -0.39 is 11.9 Å². The zero-order valence-corrected chi connectivity index (χ0v) is 11.3. The molecule has 2 heterocycles. The van der Waals surface area contributed by atoms with Crippen molar-refractivity contribution < 1.29 is 19.8 Å². The first kappa shape index (κ1) is 13.2. The third-order valence-electron chi connectivity index (χ3n) is 2.92. The van der Waals surface area contributed by atoms with Crippen molar-refractivity contribution in [2.45, 2.75) is 0 Å². The largest absolute Gasteiger partial charge is 0.478 e. The third kappa shape index (κ3) is 2.34. The number of carboxylic acids is 2. The molecule has 0 saturated carbocycles. The van der Waals surface area contributed by atoms with Crippen molar-refractivity contribution in [1.29, 1.82) is 0 Å². The molecular weight excluding hydrogens is 292 g/mol. The van der Waals surface area contributed by atoms with Gasteiger partial charge in [-0.15, -0.1) is 11.3 Å². The highest BCUT2D eigenvalue weighted by atomic mass is 32.1. The average molecular weight is 300 g/mol. The minimum atomic E-state index is -1.31. The van der Waals surface area contributed by atoms with E-state index in [0.29, 0.717) is 16.7 Å². The second kappa shape index (κ2) is 4.95. The summed E-state index contributed by atoms with van der Waals surface area (Å²) in [5.41, 5.74) is 0.721. The Morgan fingerprint density at radius 3 is 2.29 bits per heavy atom. The van der Waals surface area contributed by atoms with E-state index in [9.17, 15) is 9.59 Å². The first-order chi connectivity index (χ1) is 10.1. The lowest BCUT2D eigenvalue weighted by molar-refractivity contribution is 0.0652.